The van der Waals surface area contributed by atoms with Crippen molar-refractivity contribution in [3.8, 4) is 0 Å². The summed E-state index contributed by atoms with van der Waals surface area (Å²) in [5, 5.41) is 2.94. The summed E-state index contributed by atoms with van der Waals surface area (Å²) in [6.45, 7) is 1.98. The van der Waals surface area contributed by atoms with E-state index in [0.717, 1.165) is 20.3 Å². The van der Waals surface area contributed by atoms with Crippen LogP contribution in [-0.2, 0) is 0 Å². The first-order valence-corrected chi connectivity index (χ1v) is 7.20. The molecule has 2 aromatic heterocycles. The molecule has 0 unspecified atom stereocenters. The highest BCUT2D eigenvalue weighted by molar-refractivity contribution is 14.1. The molecule has 1 amide bonds. The van der Waals surface area contributed by atoms with E-state index in [9.17, 15) is 4.79 Å². The number of aryl methyl sites for hydroxylation is 1. The molecule has 0 aliphatic rings. The van der Waals surface area contributed by atoms with Crippen molar-refractivity contribution in [2.24, 2.45) is 0 Å². The Bertz CT molecular complexity index is 795. The number of fused-ring (bicyclic) bond motifs is 1. The maximum atomic E-state index is 12.3. The Kier molecular flexibility index (Phi) is 3.43. The van der Waals surface area contributed by atoms with Gasteiger partial charge in [-0.3, -0.25) is 4.79 Å². The molecule has 0 aliphatic carbocycles. The third-order valence-electron chi connectivity index (χ3n) is 3.11. The van der Waals surface area contributed by atoms with Crippen molar-refractivity contribution in [3.05, 3.63) is 63.7 Å². The highest BCUT2D eigenvalue weighted by atomic mass is 127. The lowest BCUT2D eigenvalue weighted by Gasteiger charge is -2.09. The molecule has 0 radical (unpaired) electrons. The summed E-state index contributed by atoms with van der Waals surface area (Å²) in [6, 6.07) is 9.54. The Labute approximate surface area is 130 Å². The molecule has 100 valence electrons. The zero-order chi connectivity index (χ0) is 14.1. The van der Waals surface area contributed by atoms with Crippen molar-refractivity contribution in [1.82, 2.24) is 9.38 Å². The van der Waals surface area contributed by atoms with Crippen LogP contribution in [0.2, 0.25) is 0 Å². The quantitative estimate of drug-likeness (QED) is 0.695. The number of carbonyl (C=O) groups excluding carboxylic acids is 1. The van der Waals surface area contributed by atoms with Crippen molar-refractivity contribution >= 4 is 39.7 Å². The Morgan fingerprint density at radius 1 is 1.30 bits per heavy atom. The molecule has 0 aliphatic heterocycles. The molecule has 5 heteroatoms. The summed E-state index contributed by atoms with van der Waals surface area (Å²) in [7, 11) is 0. The fourth-order valence-electron chi connectivity index (χ4n) is 2.02. The molecule has 0 saturated heterocycles. The van der Waals surface area contributed by atoms with Crippen LogP contribution in [0.5, 0.6) is 0 Å². The number of nitrogens with zero attached hydrogens (tertiary/aromatic N) is 2. The second-order valence-electron chi connectivity index (χ2n) is 4.55. The van der Waals surface area contributed by atoms with Gasteiger partial charge in [-0.05, 0) is 65.4 Å². The van der Waals surface area contributed by atoms with Crippen LogP contribution in [0.25, 0.3) is 5.52 Å². The minimum Gasteiger partial charge on any atom is -0.322 e. The highest BCUT2D eigenvalue weighted by Crippen LogP contribution is 2.19. The average Bonchev–Trinajstić information content (AvgIpc) is 2.89. The highest BCUT2D eigenvalue weighted by Gasteiger charge is 2.08. The second kappa shape index (κ2) is 5.24. The van der Waals surface area contributed by atoms with E-state index in [0.29, 0.717) is 5.56 Å². The third kappa shape index (κ3) is 2.53. The van der Waals surface area contributed by atoms with Crippen molar-refractivity contribution < 1.29 is 4.79 Å². The van der Waals surface area contributed by atoms with E-state index in [1.54, 1.807) is 18.6 Å². The number of imidazole rings is 1. The maximum Gasteiger partial charge on any atom is 0.255 e. The first kappa shape index (κ1) is 13.1. The first-order valence-electron chi connectivity index (χ1n) is 6.13. The van der Waals surface area contributed by atoms with Gasteiger partial charge in [0.05, 0.1) is 18.0 Å². The van der Waals surface area contributed by atoms with Crippen LogP contribution < -0.4 is 5.32 Å². The molecule has 20 heavy (non-hydrogen) atoms. The van der Waals surface area contributed by atoms with Gasteiger partial charge in [0.2, 0.25) is 0 Å². The molecule has 4 nitrogen and oxygen atoms in total. The van der Waals surface area contributed by atoms with Crippen LogP contribution in [0.15, 0.2) is 49.1 Å². The Balaban J connectivity index is 1.88. The Morgan fingerprint density at radius 3 is 2.95 bits per heavy atom. The van der Waals surface area contributed by atoms with Crippen molar-refractivity contribution in [3.63, 3.8) is 0 Å². The normalized spacial score (nSPS) is 10.7. The van der Waals surface area contributed by atoms with E-state index in [1.807, 2.05) is 41.8 Å². The van der Waals surface area contributed by atoms with Gasteiger partial charge in [0.15, 0.2) is 0 Å². The lowest BCUT2D eigenvalue weighted by atomic mass is 10.2. The van der Waals surface area contributed by atoms with Gasteiger partial charge in [-0.15, -0.1) is 0 Å². The van der Waals surface area contributed by atoms with Crippen LogP contribution in [0.3, 0.4) is 0 Å². The van der Waals surface area contributed by atoms with Gasteiger partial charge in [0.1, 0.15) is 0 Å². The van der Waals surface area contributed by atoms with Crippen LogP contribution in [0.4, 0.5) is 5.69 Å². The van der Waals surface area contributed by atoms with Gasteiger partial charge in [0.25, 0.3) is 5.91 Å². The summed E-state index contributed by atoms with van der Waals surface area (Å²) in [5.41, 5.74) is 3.41. The molecule has 3 rings (SSSR count). The summed E-state index contributed by atoms with van der Waals surface area (Å²) in [6.07, 6.45) is 5.27. The summed E-state index contributed by atoms with van der Waals surface area (Å²) in [5.74, 6) is -0.113. The number of anilines is 1. The van der Waals surface area contributed by atoms with E-state index in [-0.39, 0.29) is 5.91 Å². The fourth-order valence-corrected chi connectivity index (χ4v) is 2.67. The van der Waals surface area contributed by atoms with Crippen molar-refractivity contribution in [2.75, 3.05) is 5.32 Å². The molecule has 0 spiro atoms. The molecule has 2 heterocycles. The Morgan fingerprint density at radius 2 is 2.15 bits per heavy atom. The van der Waals surface area contributed by atoms with Crippen LogP contribution in [0.1, 0.15) is 15.9 Å². The predicted molar refractivity (Wildman–Crippen MR) is 87.0 cm³/mol. The number of amides is 1. The van der Waals surface area contributed by atoms with E-state index in [4.69, 9.17) is 0 Å². The van der Waals surface area contributed by atoms with Gasteiger partial charge >= 0.3 is 0 Å². The van der Waals surface area contributed by atoms with E-state index in [2.05, 4.69) is 32.9 Å². The molecular formula is C15H12IN3O. The molecule has 0 atom stereocenters. The Hall–Kier alpha value is -1.89. The minimum absolute atomic E-state index is 0.113. The number of aromatic nitrogens is 2. The van der Waals surface area contributed by atoms with Gasteiger partial charge in [-0.25, -0.2) is 4.98 Å². The van der Waals surface area contributed by atoms with E-state index >= 15 is 0 Å². The monoisotopic (exact) mass is 377 g/mol. The van der Waals surface area contributed by atoms with Gasteiger partial charge in [-0.2, -0.15) is 0 Å². The number of halogens is 1. The number of benzene rings is 1. The minimum atomic E-state index is -0.113. The number of rotatable bonds is 2. The summed E-state index contributed by atoms with van der Waals surface area (Å²) < 4.78 is 3.02. The van der Waals surface area contributed by atoms with Gasteiger partial charge in [0, 0.05) is 21.0 Å². The molecule has 3 aromatic rings. The van der Waals surface area contributed by atoms with Crippen molar-refractivity contribution in [2.45, 2.75) is 6.92 Å². The maximum absolute atomic E-state index is 12.3. The topological polar surface area (TPSA) is 46.4 Å². The predicted octanol–water partition coefficient (Wildman–Crippen LogP) is 3.50. The second-order valence-corrected chi connectivity index (χ2v) is 5.80. The summed E-state index contributed by atoms with van der Waals surface area (Å²) in [4.78, 5) is 16.3. The number of carbonyl (C=O) groups is 1. The molecular weight excluding hydrogens is 365 g/mol. The van der Waals surface area contributed by atoms with Crippen LogP contribution in [-0.4, -0.2) is 15.3 Å². The van der Waals surface area contributed by atoms with Gasteiger partial charge < -0.3 is 9.72 Å². The first-order chi connectivity index (χ1) is 9.63. The largest absolute Gasteiger partial charge is 0.322 e. The smallest absolute Gasteiger partial charge is 0.255 e. The number of pyridine rings is 1. The average molecular weight is 377 g/mol. The standard InChI is InChI=1S/C15H12IN3O/c1-10-6-12(16)2-3-14(10)18-15(20)11-4-5-19-9-17-8-13(19)7-11/h2-9H,1H3,(H,18,20). The van der Waals surface area contributed by atoms with Crippen molar-refractivity contribution in [1.29, 1.82) is 0 Å². The SMILES string of the molecule is Cc1cc(I)ccc1NC(=O)c1ccn2cncc2c1. The molecule has 1 N–H and O–H groups in total. The van der Waals surface area contributed by atoms with Gasteiger partial charge in [-0.1, -0.05) is 0 Å². The molecule has 1 aromatic carbocycles. The lowest BCUT2D eigenvalue weighted by Crippen LogP contribution is -2.13. The number of nitrogens with one attached hydrogen (secondary N) is 1. The van der Waals surface area contributed by atoms with Crippen LogP contribution >= 0.6 is 22.6 Å². The van der Waals surface area contributed by atoms with Crippen LogP contribution in [0, 0.1) is 10.5 Å². The zero-order valence-electron chi connectivity index (χ0n) is 10.8. The fraction of sp³-hybridized carbons (Fsp3) is 0.0667. The lowest BCUT2D eigenvalue weighted by molar-refractivity contribution is 0.102. The molecule has 0 bridgehead atoms. The molecule has 0 saturated carbocycles. The number of hydrogen-bond donors (Lipinski definition) is 1. The third-order valence-corrected chi connectivity index (χ3v) is 3.78. The number of hydrogen-bond acceptors (Lipinski definition) is 2. The van der Waals surface area contributed by atoms with E-state index in [1.165, 1.54) is 0 Å². The zero-order valence-corrected chi connectivity index (χ0v) is 13.0. The summed E-state index contributed by atoms with van der Waals surface area (Å²) >= 11 is 2.25. The molecule has 0 fully saturated rings. The van der Waals surface area contributed by atoms with E-state index < -0.39 is 0 Å².